The Morgan fingerprint density at radius 1 is 1.00 bits per heavy atom. The lowest BCUT2D eigenvalue weighted by atomic mass is 10.1. The van der Waals surface area contributed by atoms with Crippen molar-refractivity contribution in [2.75, 3.05) is 14.1 Å². The van der Waals surface area contributed by atoms with Crippen molar-refractivity contribution in [1.29, 1.82) is 0 Å². The van der Waals surface area contributed by atoms with Crippen LogP contribution in [0, 0.1) is 0 Å². The summed E-state index contributed by atoms with van der Waals surface area (Å²) in [5.41, 5.74) is 3.62. The number of hydrogen-bond acceptors (Lipinski definition) is 2. The molecular weight excluding hydrogens is 286 g/mol. The van der Waals surface area contributed by atoms with E-state index in [0.717, 1.165) is 16.8 Å². The van der Waals surface area contributed by atoms with Gasteiger partial charge in [-0.2, -0.15) is 5.10 Å². The Kier molecular flexibility index (Phi) is 4.24. The predicted octanol–water partition coefficient (Wildman–Crippen LogP) is 3.30. The molecule has 3 rings (SSSR count). The highest BCUT2D eigenvalue weighted by Gasteiger charge is 2.20. The Hall–Kier alpha value is -2.88. The van der Waals surface area contributed by atoms with E-state index in [0.29, 0.717) is 12.1 Å². The lowest BCUT2D eigenvalue weighted by Crippen LogP contribution is -2.22. The van der Waals surface area contributed by atoms with Gasteiger partial charge in [0.1, 0.15) is 0 Å². The van der Waals surface area contributed by atoms with Gasteiger partial charge in [-0.1, -0.05) is 60.7 Å². The van der Waals surface area contributed by atoms with Crippen molar-refractivity contribution in [2.45, 2.75) is 6.54 Å². The summed E-state index contributed by atoms with van der Waals surface area (Å²) in [5, 5.41) is 4.46. The third-order valence-corrected chi connectivity index (χ3v) is 3.70. The zero-order valence-electron chi connectivity index (χ0n) is 13.3. The fourth-order valence-corrected chi connectivity index (χ4v) is 2.56. The van der Waals surface area contributed by atoms with Gasteiger partial charge in [0.2, 0.25) is 0 Å². The van der Waals surface area contributed by atoms with Gasteiger partial charge in [-0.05, 0) is 5.56 Å². The van der Waals surface area contributed by atoms with E-state index >= 15 is 0 Å². The average Bonchev–Trinajstić information content (AvgIpc) is 2.99. The number of rotatable bonds is 4. The van der Waals surface area contributed by atoms with Crippen LogP contribution in [0.4, 0.5) is 0 Å². The molecule has 0 fully saturated rings. The van der Waals surface area contributed by atoms with E-state index in [1.807, 2.05) is 53.2 Å². The first kappa shape index (κ1) is 15.0. The van der Waals surface area contributed by atoms with E-state index in [9.17, 15) is 4.79 Å². The van der Waals surface area contributed by atoms with Crippen LogP contribution in [-0.4, -0.2) is 34.7 Å². The van der Waals surface area contributed by atoms with Crippen molar-refractivity contribution in [3.63, 3.8) is 0 Å². The maximum atomic E-state index is 12.5. The van der Waals surface area contributed by atoms with E-state index in [-0.39, 0.29) is 5.91 Å². The zero-order valence-corrected chi connectivity index (χ0v) is 13.3. The molecule has 0 unspecified atom stereocenters. The summed E-state index contributed by atoms with van der Waals surface area (Å²) in [7, 11) is 3.51. The molecule has 116 valence electrons. The standard InChI is InChI=1S/C19H19N3O/c1-21(2)19(23)17-13-20-22(14-15-9-5-3-6-10-15)18(17)16-11-7-4-8-12-16/h3-13H,14H2,1-2H3. The molecule has 1 heterocycles. The van der Waals surface area contributed by atoms with Crippen molar-refractivity contribution in [3.05, 3.63) is 78.0 Å². The SMILES string of the molecule is CN(C)C(=O)c1cnn(Cc2ccccc2)c1-c1ccccc1. The monoisotopic (exact) mass is 305 g/mol. The Bertz CT molecular complexity index is 792. The quantitative estimate of drug-likeness (QED) is 0.742. The van der Waals surface area contributed by atoms with Gasteiger partial charge in [0.05, 0.1) is 24.0 Å². The highest BCUT2D eigenvalue weighted by molar-refractivity contribution is 5.99. The van der Waals surface area contributed by atoms with Gasteiger partial charge in [0.15, 0.2) is 0 Å². The molecule has 23 heavy (non-hydrogen) atoms. The number of carbonyl (C=O) groups is 1. The van der Waals surface area contributed by atoms with Crippen LogP contribution in [-0.2, 0) is 6.54 Å². The molecule has 0 bridgehead atoms. The van der Waals surface area contributed by atoms with Gasteiger partial charge in [0, 0.05) is 19.7 Å². The third-order valence-electron chi connectivity index (χ3n) is 3.70. The molecule has 0 spiro atoms. The normalized spacial score (nSPS) is 10.5. The molecular formula is C19H19N3O. The van der Waals surface area contributed by atoms with Gasteiger partial charge in [-0.15, -0.1) is 0 Å². The van der Waals surface area contributed by atoms with E-state index in [1.54, 1.807) is 25.2 Å². The summed E-state index contributed by atoms with van der Waals surface area (Å²) in [6.07, 6.45) is 1.66. The molecule has 0 aliphatic rings. The molecule has 0 atom stereocenters. The van der Waals surface area contributed by atoms with Crippen LogP contribution in [0.15, 0.2) is 66.9 Å². The van der Waals surface area contributed by atoms with Gasteiger partial charge in [0.25, 0.3) is 5.91 Å². The van der Waals surface area contributed by atoms with Crippen molar-refractivity contribution >= 4 is 5.91 Å². The van der Waals surface area contributed by atoms with Gasteiger partial charge < -0.3 is 4.90 Å². The van der Waals surface area contributed by atoms with Crippen molar-refractivity contribution in [2.24, 2.45) is 0 Å². The second-order valence-electron chi connectivity index (χ2n) is 5.62. The molecule has 0 saturated heterocycles. The van der Waals surface area contributed by atoms with Crippen molar-refractivity contribution in [1.82, 2.24) is 14.7 Å². The molecule has 1 aromatic heterocycles. The molecule has 0 N–H and O–H groups in total. The van der Waals surface area contributed by atoms with Crippen LogP contribution in [0.1, 0.15) is 15.9 Å². The predicted molar refractivity (Wildman–Crippen MR) is 91.2 cm³/mol. The number of benzene rings is 2. The lowest BCUT2D eigenvalue weighted by Gasteiger charge is -2.13. The van der Waals surface area contributed by atoms with Crippen LogP contribution in [0.5, 0.6) is 0 Å². The van der Waals surface area contributed by atoms with Gasteiger partial charge in [-0.25, -0.2) is 0 Å². The fourth-order valence-electron chi connectivity index (χ4n) is 2.56. The number of aromatic nitrogens is 2. The smallest absolute Gasteiger partial charge is 0.257 e. The van der Waals surface area contributed by atoms with Gasteiger partial charge in [-0.3, -0.25) is 9.48 Å². The van der Waals surface area contributed by atoms with Crippen LogP contribution < -0.4 is 0 Å². The summed E-state index contributed by atoms with van der Waals surface area (Å²) in [4.78, 5) is 14.1. The van der Waals surface area contributed by atoms with E-state index in [4.69, 9.17) is 0 Å². The number of amides is 1. The molecule has 1 amide bonds. The third kappa shape index (κ3) is 3.16. The molecule has 0 aliphatic carbocycles. The topological polar surface area (TPSA) is 38.1 Å². The molecule has 2 aromatic carbocycles. The lowest BCUT2D eigenvalue weighted by molar-refractivity contribution is 0.0828. The molecule has 3 aromatic rings. The Morgan fingerprint density at radius 3 is 2.22 bits per heavy atom. The molecule has 0 saturated carbocycles. The van der Waals surface area contributed by atoms with E-state index in [1.165, 1.54) is 0 Å². The second kappa shape index (κ2) is 6.48. The van der Waals surface area contributed by atoms with Crippen LogP contribution >= 0.6 is 0 Å². The summed E-state index contributed by atoms with van der Waals surface area (Å²) in [6.45, 7) is 0.631. The van der Waals surface area contributed by atoms with Crippen molar-refractivity contribution < 1.29 is 4.79 Å². The summed E-state index contributed by atoms with van der Waals surface area (Å²) in [5.74, 6) is -0.0387. The summed E-state index contributed by atoms with van der Waals surface area (Å²) >= 11 is 0. The molecule has 4 heteroatoms. The molecule has 0 aliphatic heterocycles. The minimum Gasteiger partial charge on any atom is -0.345 e. The molecule has 4 nitrogen and oxygen atoms in total. The molecule has 0 radical (unpaired) electrons. The largest absolute Gasteiger partial charge is 0.345 e. The van der Waals surface area contributed by atoms with E-state index in [2.05, 4.69) is 17.2 Å². The Balaban J connectivity index is 2.08. The first-order valence-electron chi connectivity index (χ1n) is 7.53. The van der Waals surface area contributed by atoms with Crippen LogP contribution in [0.25, 0.3) is 11.3 Å². The van der Waals surface area contributed by atoms with Crippen LogP contribution in [0.3, 0.4) is 0 Å². The maximum absolute atomic E-state index is 12.5. The Labute approximate surface area is 136 Å². The number of hydrogen-bond donors (Lipinski definition) is 0. The van der Waals surface area contributed by atoms with Gasteiger partial charge >= 0.3 is 0 Å². The summed E-state index contributed by atoms with van der Waals surface area (Å²) in [6, 6.07) is 20.0. The highest BCUT2D eigenvalue weighted by Crippen LogP contribution is 2.25. The second-order valence-corrected chi connectivity index (χ2v) is 5.62. The zero-order chi connectivity index (χ0) is 16.2. The minimum absolute atomic E-state index is 0.0387. The van der Waals surface area contributed by atoms with E-state index < -0.39 is 0 Å². The maximum Gasteiger partial charge on any atom is 0.257 e. The first-order valence-corrected chi connectivity index (χ1v) is 7.53. The number of nitrogens with zero attached hydrogens (tertiary/aromatic N) is 3. The number of carbonyl (C=O) groups excluding carboxylic acids is 1. The highest BCUT2D eigenvalue weighted by atomic mass is 16.2. The minimum atomic E-state index is -0.0387. The van der Waals surface area contributed by atoms with Crippen LogP contribution in [0.2, 0.25) is 0 Å². The summed E-state index contributed by atoms with van der Waals surface area (Å²) < 4.78 is 1.89. The fraction of sp³-hybridized carbons (Fsp3) is 0.158. The van der Waals surface area contributed by atoms with Crippen molar-refractivity contribution in [3.8, 4) is 11.3 Å². The first-order chi connectivity index (χ1) is 11.2. The average molecular weight is 305 g/mol. The Morgan fingerprint density at radius 2 is 1.61 bits per heavy atom.